The Balaban J connectivity index is 2.20. The van der Waals surface area contributed by atoms with Crippen LogP contribution in [0.25, 0.3) is 0 Å². The van der Waals surface area contributed by atoms with Gasteiger partial charge in [-0.1, -0.05) is 0 Å². The predicted octanol–water partition coefficient (Wildman–Crippen LogP) is 3.96. The average molecular weight is 282 g/mol. The highest BCUT2D eigenvalue weighted by atomic mass is 79.9. The fraction of sp³-hybridized carbons (Fsp3) is 0. The normalized spacial score (nSPS) is 10.1. The van der Waals surface area contributed by atoms with Crippen LogP contribution in [0.3, 0.4) is 0 Å². The van der Waals surface area contributed by atoms with Crippen LogP contribution >= 0.6 is 15.9 Å². The van der Waals surface area contributed by atoms with Gasteiger partial charge >= 0.3 is 0 Å². The van der Waals surface area contributed by atoms with E-state index in [1.54, 1.807) is 36.4 Å². The molecule has 0 fully saturated rings. The second kappa shape index (κ2) is 4.53. The molecule has 2 nitrogen and oxygen atoms in total. The molecule has 2 rings (SSSR count). The van der Waals surface area contributed by atoms with Crippen molar-refractivity contribution in [3.8, 4) is 11.5 Å². The first-order chi connectivity index (χ1) is 7.65. The summed E-state index contributed by atoms with van der Waals surface area (Å²) in [6.07, 6.45) is 0. The Labute approximate surface area is 101 Å². The monoisotopic (exact) mass is 281 g/mol. The van der Waals surface area contributed by atoms with Crippen LogP contribution in [0.5, 0.6) is 11.5 Å². The SMILES string of the molecule is Nc1ccc(Oc2ccc(Br)c(F)c2)cc1. The molecular weight excluding hydrogens is 273 g/mol. The number of anilines is 1. The van der Waals surface area contributed by atoms with Crippen LogP contribution in [-0.4, -0.2) is 0 Å². The van der Waals surface area contributed by atoms with E-state index in [0.29, 0.717) is 21.7 Å². The van der Waals surface area contributed by atoms with E-state index in [2.05, 4.69) is 15.9 Å². The summed E-state index contributed by atoms with van der Waals surface area (Å²) >= 11 is 3.08. The Kier molecular flexibility index (Phi) is 3.10. The highest BCUT2D eigenvalue weighted by molar-refractivity contribution is 9.10. The molecular formula is C12H9BrFNO. The topological polar surface area (TPSA) is 35.2 Å². The second-order valence-electron chi connectivity index (χ2n) is 3.25. The number of nitrogen functional groups attached to an aromatic ring is 1. The van der Waals surface area contributed by atoms with Crippen molar-refractivity contribution < 1.29 is 9.13 Å². The molecule has 0 aliphatic rings. The van der Waals surface area contributed by atoms with Gasteiger partial charge in [-0.25, -0.2) is 4.39 Å². The summed E-state index contributed by atoms with van der Waals surface area (Å²) in [6.45, 7) is 0. The van der Waals surface area contributed by atoms with Gasteiger partial charge in [0.1, 0.15) is 17.3 Å². The van der Waals surface area contributed by atoms with Crippen molar-refractivity contribution in [3.05, 3.63) is 52.8 Å². The maximum atomic E-state index is 13.2. The number of rotatable bonds is 2. The van der Waals surface area contributed by atoms with Crippen molar-refractivity contribution in [2.24, 2.45) is 0 Å². The van der Waals surface area contributed by atoms with Crippen LogP contribution < -0.4 is 10.5 Å². The van der Waals surface area contributed by atoms with Crippen LogP contribution in [-0.2, 0) is 0 Å². The molecule has 0 amide bonds. The minimum Gasteiger partial charge on any atom is -0.457 e. The maximum absolute atomic E-state index is 13.2. The van der Waals surface area contributed by atoms with Crippen LogP contribution in [0.1, 0.15) is 0 Å². The van der Waals surface area contributed by atoms with E-state index in [1.807, 2.05) is 0 Å². The van der Waals surface area contributed by atoms with Gasteiger partial charge in [0.05, 0.1) is 4.47 Å². The average Bonchev–Trinajstić information content (AvgIpc) is 2.27. The summed E-state index contributed by atoms with van der Waals surface area (Å²) in [4.78, 5) is 0. The van der Waals surface area contributed by atoms with Crippen LogP contribution in [0.15, 0.2) is 46.9 Å². The minimum absolute atomic E-state index is 0.354. The van der Waals surface area contributed by atoms with Crippen LogP contribution in [0, 0.1) is 5.82 Å². The number of hydrogen-bond donors (Lipinski definition) is 1. The van der Waals surface area contributed by atoms with Gasteiger partial charge in [0.15, 0.2) is 0 Å². The lowest BCUT2D eigenvalue weighted by Crippen LogP contribution is -1.87. The number of benzene rings is 2. The van der Waals surface area contributed by atoms with Crippen molar-refractivity contribution in [1.82, 2.24) is 0 Å². The molecule has 0 spiro atoms. The van der Waals surface area contributed by atoms with Crippen molar-refractivity contribution in [2.45, 2.75) is 0 Å². The molecule has 16 heavy (non-hydrogen) atoms. The molecule has 0 unspecified atom stereocenters. The summed E-state index contributed by atoms with van der Waals surface area (Å²) in [5.74, 6) is 0.717. The number of hydrogen-bond acceptors (Lipinski definition) is 2. The van der Waals surface area contributed by atoms with Gasteiger partial charge in [0.25, 0.3) is 0 Å². The molecule has 0 saturated carbocycles. The molecule has 0 aliphatic heterocycles. The highest BCUT2D eigenvalue weighted by Gasteiger charge is 2.02. The summed E-state index contributed by atoms with van der Waals surface area (Å²) in [6, 6.07) is 11.5. The molecule has 2 aromatic rings. The molecule has 0 atom stereocenters. The molecule has 4 heteroatoms. The summed E-state index contributed by atoms with van der Waals surface area (Å²) in [5.41, 5.74) is 6.20. The maximum Gasteiger partial charge on any atom is 0.141 e. The zero-order valence-electron chi connectivity index (χ0n) is 8.28. The standard InChI is InChI=1S/C12H9BrFNO/c13-11-6-5-10(7-12(11)14)16-9-3-1-8(15)2-4-9/h1-7H,15H2. The predicted molar refractivity (Wildman–Crippen MR) is 65.0 cm³/mol. The van der Waals surface area contributed by atoms with E-state index in [1.165, 1.54) is 6.07 Å². The van der Waals surface area contributed by atoms with Crippen LogP contribution in [0.4, 0.5) is 10.1 Å². The third-order valence-electron chi connectivity index (χ3n) is 2.01. The van der Waals surface area contributed by atoms with Crippen molar-refractivity contribution in [1.29, 1.82) is 0 Å². The Morgan fingerprint density at radius 3 is 2.25 bits per heavy atom. The van der Waals surface area contributed by atoms with E-state index >= 15 is 0 Å². The number of ether oxygens (including phenoxy) is 1. The Bertz CT molecular complexity index is 499. The smallest absolute Gasteiger partial charge is 0.141 e. The molecule has 0 bridgehead atoms. The first-order valence-corrected chi connectivity index (χ1v) is 5.43. The fourth-order valence-electron chi connectivity index (χ4n) is 1.21. The minimum atomic E-state index is -0.354. The highest BCUT2D eigenvalue weighted by Crippen LogP contribution is 2.26. The zero-order valence-corrected chi connectivity index (χ0v) is 9.87. The number of nitrogens with two attached hydrogens (primary N) is 1. The lowest BCUT2D eigenvalue weighted by atomic mass is 10.3. The molecule has 0 aliphatic carbocycles. The van der Waals surface area contributed by atoms with Gasteiger partial charge in [-0.2, -0.15) is 0 Å². The summed E-state index contributed by atoms with van der Waals surface area (Å²) in [7, 11) is 0. The number of halogens is 2. The summed E-state index contributed by atoms with van der Waals surface area (Å²) in [5, 5.41) is 0. The first kappa shape index (κ1) is 11.0. The first-order valence-electron chi connectivity index (χ1n) is 4.63. The van der Waals surface area contributed by atoms with Crippen molar-refractivity contribution >= 4 is 21.6 Å². The van der Waals surface area contributed by atoms with Gasteiger partial charge in [0, 0.05) is 11.8 Å². The Morgan fingerprint density at radius 1 is 1.00 bits per heavy atom. The molecule has 2 N–H and O–H groups in total. The summed E-state index contributed by atoms with van der Waals surface area (Å²) < 4.78 is 19.1. The van der Waals surface area contributed by atoms with Gasteiger partial charge in [-0.15, -0.1) is 0 Å². The lowest BCUT2D eigenvalue weighted by Gasteiger charge is -2.06. The van der Waals surface area contributed by atoms with Gasteiger partial charge in [-0.3, -0.25) is 0 Å². The Morgan fingerprint density at radius 2 is 1.62 bits per heavy atom. The molecule has 0 aromatic heterocycles. The van der Waals surface area contributed by atoms with E-state index < -0.39 is 0 Å². The third kappa shape index (κ3) is 2.52. The van der Waals surface area contributed by atoms with Crippen molar-refractivity contribution in [2.75, 3.05) is 5.73 Å². The lowest BCUT2D eigenvalue weighted by molar-refractivity contribution is 0.476. The quantitative estimate of drug-likeness (QED) is 0.846. The molecule has 2 aromatic carbocycles. The third-order valence-corrected chi connectivity index (χ3v) is 2.65. The van der Waals surface area contributed by atoms with E-state index in [4.69, 9.17) is 10.5 Å². The molecule has 0 saturated heterocycles. The van der Waals surface area contributed by atoms with Gasteiger partial charge in [0.2, 0.25) is 0 Å². The molecule has 82 valence electrons. The van der Waals surface area contributed by atoms with E-state index in [-0.39, 0.29) is 5.82 Å². The van der Waals surface area contributed by atoms with Crippen molar-refractivity contribution in [3.63, 3.8) is 0 Å². The van der Waals surface area contributed by atoms with Gasteiger partial charge < -0.3 is 10.5 Å². The molecule has 0 heterocycles. The van der Waals surface area contributed by atoms with E-state index in [0.717, 1.165) is 0 Å². The zero-order chi connectivity index (χ0) is 11.5. The van der Waals surface area contributed by atoms with Crippen LogP contribution in [0.2, 0.25) is 0 Å². The largest absolute Gasteiger partial charge is 0.457 e. The van der Waals surface area contributed by atoms with Gasteiger partial charge in [-0.05, 0) is 52.3 Å². The van der Waals surface area contributed by atoms with E-state index in [9.17, 15) is 4.39 Å². The fourth-order valence-corrected chi connectivity index (χ4v) is 1.46. The molecule has 0 radical (unpaired) electrons. The Hall–Kier alpha value is -1.55. The second-order valence-corrected chi connectivity index (χ2v) is 4.10.